The lowest BCUT2D eigenvalue weighted by molar-refractivity contribution is -0.137. The Kier molecular flexibility index (Phi) is 4.51. The van der Waals surface area contributed by atoms with E-state index < -0.39 is 17.6 Å². The molecule has 0 fully saturated rings. The van der Waals surface area contributed by atoms with Crippen molar-refractivity contribution in [3.05, 3.63) is 77.0 Å². The van der Waals surface area contributed by atoms with Crippen LogP contribution in [0.1, 0.15) is 11.1 Å². The van der Waals surface area contributed by atoms with Crippen LogP contribution < -0.4 is 5.32 Å². The Morgan fingerprint density at radius 1 is 1.07 bits per heavy atom. The summed E-state index contributed by atoms with van der Waals surface area (Å²) in [7, 11) is 0. The van der Waals surface area contributed by atoms with Crippen LogP contribution in [0.2, 0.25) is 5.02 Å². The lowest BCUT2D eigenvalue weighted by atomic mass is 10.0. The maximum atomic E-state index is 12.9. The van der Waals surface area contributed by atoms with Crippen molar-refractivity contribution < 1.29 is 22.4 Å². The maximum absolute atomic E-state index is 12.9. The van der Waals surface area contributed by atoms with Gasteiger partial charge >= 0.3 is 6.18 Å². The molecule has 28 heavy (non-hydrogen) atoms. The zero-order chi connectivity index (χ0) is 19.9. The fourth-order valence-corrected chi connectivity index (χ4v) is 3.33. The van der Waals surface area contributed by atoms with E-state index in [9.17, 15) is 18.0 Å². The molecule has 0 saturated carbocycles. The molecular weight excluding hydrogens is 391 g/mol. The number of carbonyl (C=O) groups excluding carboxylic acids is 1. The Balaban J connectivity index is 1.64. The van der Waals surface area contributed by atoms with Crippen LogP contribution in [0.25, 0.3) is 21.7 Å². The second kappa shape index (κ2) is 6.87. The highest BCUT2D eigenvalue weighted by molar-refractivity contribution is 6.33. The van der Waals surface area contributed by atoms with Crippen molar-refractivity contribution in [3.63, 3.8) is 0 Å². The van der Waals surface area contributed by atoms with Crippen molar-refractivity contribution in [3.8, 4) is 0 Å². The number of hydrogen-bond donors (Lipinski definition) is 1. The molecule has 0 radical (unpaired) electrons. The number of amides is 1. The van der Waals surface area contributed by atoms with E-state index in [-0.39, 0.29) is 17.1 Å². The number of nitrogens with one attached hydrogen (secondary N) is 1. The summed E-state index contributed by atoms with van der Waals surface area (Å²) in [6, 6.07) is 14.2. The summed E-state index contributed by atoms with van der Waals surface area (Å²) < 4.78 is 44.2. The predicted molar refractivity (Wildman–Crippen MR) is 103 cm³/mol. The van der Waals surface area contributed by atoms with Gasteiger partial charge in [0.1, 0.15) is 5.58 Å². The number of furan rings is 1. The third kappa shape index (κ3) is 3.43. The summed E-state index contributed by atoms with van der Waals surface area (Å²) in [5.41, 5.74) is 0.317. The van der Waals surface area contributed by atoms with E-state index in [1.165, 1.54) is 6.26 Å². The molecule has 4 rings (SSSR count). The molecule has 0 saturated heterocycles. The average Bonchev–Trinajstić information content (AvgIpc) is 3.06. The second-order valence-electron chi connectivity index (χ2n) is 6.34. The van der Waals surface area contributed by atoms with Gasteiger partial charge in [-0.3, -0.25) is 4.79 Å². The van der Waals surface area contributed by atoms with Gasteiger partial charge in [-0.05, 0) is 35.0 Å². The summed E-state index contributed by atoms with van der Waals surface area (Å²) in [4.78, 5) is 12.5. The van der Waals surface area contributed by atoms with Gasteiger partial charge in [0.25, 0.3) is 0 Å². The average molecular weight is 404 g/mol. The SMILES string of the molecule is O=C(Cc1coc2ccc3ccccc3c12)Nc1cc(C(F)(F)F)ccc1Cl. The van der Waals surface area contributed by atoms with E-state index in [0.717, 1.165) is 34.4 Å². The largest absolute Gasteiger partial charge is 0.464 e. The minimum absolute atomic E-state index is 0.0313. The van der Waals surface area contributed by atoms with Crippen molar-refractivity contribution in [1.29, 1.82) is 0 Å². The standard InChI is InChI=1S/C21H13ClF3NO2/c22-16-7-6-14(21(23,24)25)10-17(16)26-19(27)9-13-11-28-18-8-5-12-3-1-2-4-15(12)20(13)18/h1-8,10-11H,9H2,(H,26,27). The van der Waals surface area contributed by atoms with Crippen LogP contribution in [0.15, 0.2) is 65.3 Å². The van der Waals surface area contributed by atoms with Gasteiger partial charge in [-0.1, -0.05) is 41.9 Å². The van der Waals surface area contributed by atoms with Gasteiger partial charge in [0, 0.05) is 10.9 Å². The van der Waals surface area contributed by atoms with Gasteiger partial charge in [0.2, 0.25) is 5.91 Å². The van der Waals surface area contributed by atoms with Gasteiger partial charge < -0.3 is 9.73 Å². The number of halogens is 4. The molecule has 1 amide bonds. The molecule has 0 spiro atoms. The maximum Gasteiger partial charge on any atom is 0.416 e. The highest BCUT2D eigenvalue weighted by Gasteiger charge is 2.31. The molecule has 0 atom stereocenters. The number of hydrogen-bond acceptors (Lipinski definition) is 2. The molecule has 1 N–H and O–H groups in total. The first-order valence-corrected chi connectivity index (χ1v) is 8.75. The van der Waals surface area contributed by atoms with E-state index in [1.54, 1.807) is 0 Å². The third-order valence-electron chi connectivity index (χ3n) is 4.46. The van der Waals surface area contributed by atoms with E-state index in [1.807, 2.05) is 36.4 Å². The Morgan fingerprint density at radius 3 is 2.64 bits per heavy atom. The molecule has 1 aromatic heterocycles. The minimum Gasteiger partial charge on any atom is -0.464 e. The van der Waals surface area contributed by atoms with Crippen LogP contribution in [0.4, 0.5) is 18.9 Å². The van der Waals surface area contributed by atoms with E-state index in [4.69, 9.17) is 16.0 Å². The Morgan fingerprint density at radius 2 is 1.86 bits per heavy atom. The van der Waals surface area contributed by atoms with Gasteiger partial charge in [0.05, 0.1) is 29.0 Å². The Labute approximate surface area is 162 Å². The fourth-order valence-electron chi connectivity index (χ4n) is 3.17. The highest BCUT2D eigenvalue weighted by Crippen LogP contribution is 2.34. The first kappa shape index (κ1) is 18.4. The van der Waals surface area contributed by atoms with Gasteiger partial charge in [-0.15, -0.1) is 0 Å². The number of rotatable bonds is 3. The normalized spacial score (nSPS) is 11.9. The summed E-state index contributed by atoms with van der Waals surface area (Å²) >= 11 is 5.94. The topological polar surface area (TPSA) is 42.2 Å². The molecule has 0 aliphatic rings. The lowest BCUT2D eigenvalue weighted by Gasteiger charge is -2.11. The van der Waals surface area contributed by atoms with Crippen LogP contribution in [-0.2, 0) is 17.4 Å². The summed E-state index contributed by atoms with van der Waals surface area (Å²) in [6.45, 7) is 0. The summed E-state index contributed by atoms with van der Waals surface area (Å²) in [6.07, 6.45) is -3.10. The third-order valence-corrected chi connectivity index (χ3v) is 4.79. The van der Waals surface area contributed by atoms with Crippen LogP contribution in [0.3, 0.4) is 0 Å². The molecule has 4 aromatic rings. The zero-order valence-electron chi connectivity index (χ0n) is 14.3. The number of benzene rings is 3. The van der Waals surface area contributed by atoms with Crippen molar-refractivity contribution >= 4 is 44.9 Å². The van der Waals surface area contributed by atoms with Crippen LogP contribution >= 0.6 is 11.6 Å². The summed E-state index contributed by atoms with van der Waals surface area (Å²) in [5.74, 6) is -0.489. The number of alkyl halides is 3. The van der Waals surface area contributed by atoms with Crippen LogP contribution in [0, 0.1) is 0 Å². The quantitative estimate of drug-likeness (QED) is 0.427. The number of anilines is 1. The first-order chi connectivity index (χ1) is 13.3. The fraction of sp³-hybridized carbons (Fsp3) is 0.0952. The van der Waals surface area contributed by atoms with Crippen molar-refractivity contribution in [1.82, 2.24) is 0 Å². The molecular formula is C21H13ClF3NO2. The molecule has 0 unspecified atom stereocenters. The van der Waals surface area contributed by atoms with Gasteiger partial charge in [0.15, 0.2) is 0 Å². The Hall–Kier alpha value is -2.99. The highest BCUT2D eigenvalue weighted by atomic mass is 35.5. The predicted octanol–water partition coefficient (Wildman–Crippen LogP) is 6.44. The van der Waals surface area contributed by atoms with Crippen LogP contribution in [-0.4, -0.2) is 5.91 Å². The van der Waals surface area contributed by atoms with Crippen molar-refractivity contribution in [2.45, 2.75) is 12.6 Å². The Bertz CT molecular complexity index is 1200. The van der Waals surface area contributed by atoms with Crippen LogP contribution in [0.5, 0.6) is 0 Å². The molecule has 1 heterocycles. The molecule has 0 aliphatic carbocycles. The number of fused-ring (bicyclic) bond motifs is 3. The van der Waals surface area contributed by atoms with E-state index in [0.29, 0.717) is 11.1 Å². The molecule has 142 valence electrons. The zero-order valence-corrected chi connectivity index (χ0v) is 15.1. The van der Waals surface area contributed by atoms with E-state index >= 15 is 0 Å². The molecule has 0 bridgehead atoms. The molecule has 7 heteroatoms. The number of carbonyl (C=O) groups is 1. The minimum atomic E-state index is -4.52. The van der Waals surface area contributed by atoms with Gasteiger partial charge in [-0.25, -0.2) is 0 Å². The second-order valence-corrected chi connectivity index (χ2v) is 6.75. The van der Waals surface area contributed by atoms with E-state index in [2.05, 4.69) is 5.32 Å². The molecule has 0 aliphatic heterocycles. The summed E-state index contributed by atoms with van der Waals surface area (Å²) in [5, 5.41) is 5.24. The van der Waals surface area contributed by atoms with Crippen molar-refractivity contribution in [2.24, 2.45) is 0 Å². The first-order valence-electron chi connectivity index (χ1n) is 8.37. The van der Waals surface area contributed by atoms with Gasteiger partial charge in [-0.2, -0.15) is 13.2 Å². The molecule has 3 aromatic carbocycles. The monoisotopic (exact) mass is 403 g/mol. The smallest absolute Gasteiger partial charge is 0.416 e. The molecule has 3 nitrogen and oxygen atoms in total. The van der Waals surface area contributed by atoms with Crippen molar-refractivity contribution in [2.75, 3.05) is 5.32 Å². The lowest BCUT2D eigenvalue weighted by Crippen LogP contribution is -2.15.